The van der Waals surface area contributed by atoms with Crippen LogP contribution >= 0.6 is 10.5 Å². The van der Waals surface area contributed by atoms with Crippen LogP contribution in [0.5, 0.6) is 23.0 Å². The van der Waals surface area contributed by atoms with Crippen molar-refractivity contribution in [3.8, 4) is 27.9 Å². The van der Waals surface area contributed by atoms with Crippen molar-refractivity contribution in [3.63, 3.8) is 0 Å². The molecule has 600 valence electrons. The number of benzene rings is 5. The predicted molar refractivity (Wildman–Crippen MR) is 433 cm³/mol. The van der Waals surface area contributed by atoms with Crippen molar-refractivity contribution in [2.24, 2.45) is 57.2 Å². The number of aromatic hydroxyl groups is 1. The van der Waals surface area contributed by atoms with Crippen molar-refractivity contribution in [1.29, 1.82) is 0 Å². The highest BCUT2D eigenvalue weighted by atomic mass is 32.2. The summed E-state index contributed by atoms with van der Waals surface area (Å²) in [5.74, 6) is 6.54. The van der Waals surface area contributed by atoms with Crippen molar-refractivity contribution in [3.05, 3.63) is 159 Å². The highest BCUT2D eigenvalue weighted by Gasteiger charge is 2.68. The number of aryl methyl sites for hydroxylation is 1. The average Bonchev–Trinajstić information content (AvgIpc) is 1.53. The van der Waals surface area contributed by atoms with Gasteiger partial charge in [0.1, 0.15) is 34.2 Å². The summed E-state index contributed by atoms with van der Waals surface area (Å²) < 4.78 is 92.1. The Morgan fingerprint density at radius 2 is 1.05 bits per heavy atom. The molecule has 0 saturated heterocycles. The van der Waals surface area contributed by atoms with Gasteiger partial charge in [-0.3, -0.25) is 24.0 Å². The fourth-order valence-corrected chi connectivity index (χ4v) is 17.3. The van der Waals surface area contributed by atoms with Crippen LogP contribution in [0.15, 0.2) is 125 Å². The van der Waals surface area contributed by atoms with E-state index in [1.807, 2.05) is 69.2 Å². The molecule has 15 nitrogen and oxygen atoms in total. The maximum atomic E-state index is 13.0. The number of fused-ring (bicyclic) bond motifs is 12. The van der Waals surface area contributed by atoms with Crippen LogP contribution in [0.3, 0.4) is 0 Å². The van der Waals surface area contributed by atoms with E-state index in [1.165, 1.54) is 88.9 Å². The second kappa shape index (κ2) is 36.8. The summed E-state index contributed by atoms with van der Waals surface area (Å²) in [5, 5.41) is 8.15. The van der Waals surface area contributed by atoms with Crippen molar-refractivity contribution in [2.75, 3.05) is 0 Å². The third-order valence-electron chi connectivity index (χ3n) is 24.3. The van der Waals surface area contributed by atoms with Gasteiger partial charge in [0.2, 0.25) is 11.2 Å². The lowest BCUT2D eigenvalue weighted by molar-refractivity contribution is -0.183. The number of ether oxygens (including phenoxy) is 5. The Kier molecular flexibility index (Phi) is 30.5. The highest BCUT2D eigenvalue weighted by Crippen LogP contribution is 2.71. The molecule has 4 bridgehead atoms. The van der Waals surface area contributed by atoms with Crippen LogP contribution in [0.4, 0.5) is 8.78 Å². The average molecular weight is 1550 g/mol. The summed E-state index contributed by atoms with van der Waals surface area (Å²) in [4.78, 5) is 61.0. The lowest BCUT2D eigenvalue weighted by Crippen LogP contribution is -2.49. The third kappa shape index (κ3) is 21.0. The molecule has 5 aromatic carbocycles. The number of alkyl halides is 2. The summed E-state index contributed by atoms with van der Waals surface area (Å²) in [6.07, 6.45) is 11.6. The van der Waals surface area contributed by atoms with Gasteiger partial charge >= 0.3 is 29.1 Å². The number of rotatable bonds is 21. The predicted octanol–water partition coefficient (Wildman–Crippen LogP) is 23.1. The van der Waals surface area contributed by atoms with Crippen LogP contribution in [-0.4, -0.2) is 64.5 Å². The van der Waals surface area contributed by atoms with Crippen LogP contribution in [0, 0.1) is 91.8 Å². The molecule has 4 aliphatic carbocycles. The number of phenolic OH excluding ortho intramolecular Hbond substituents is 1. The number of hydrogen-bond acceptors (Lipinski definition) is 15. The zero-order valence-electron chi connectivity index (χ0n) is 69.3. The number of carbonyl (C=O) groups excluding carboxylic acids is 4. The molecule has 9 unspecified atom stereocenters. The van der Waals surface area contributed by atoms with Crippen molar-refractivity contribution < 1.29 is 74.1 Å². The summed E-state index contributed by atoms with van der Waals surface area (Å²) in [6, 6.07) is 38.1. The Balaban J connectivity index is 0.000000205. The van der Waals surface area contributed by atoms with E-state index in [4.69, 9.17) is 23.4 Å². The molecule has 1 N–H and O–H groups in total. The first-order valence-corrected chi connectivity index (χ1v) is 41.7. The molecule has 4 fully saturated rings. The monoisotopic (exact) mass is 1550 g/mol. The normalized spacial score (nSPS) is 19.8. The van der Waals surface area contributed by atoms with Gasteiger partial charge in [-0.2, -0.15) is 8.78 Å². The van der Waals surface area contributed by atoms with Gasteiger partial charge in [0, 0.05) is 33.2 Å². The molecule has 11 rings (SSSR count). The molecule has 2 heterocycles. The van der Waals surface area contributed by atoms with Crippen LogP contribution in [0.1, 0.15) is 248 Å². The van der Waals surface area contributed by atoms with Crippen LogP contribution in [-0.2, 0) is 38.8 Å². The topological polar surface area (TPSA) is 222 Å². The van der Waals surface area contributed by atoms with Gasteiger partial charge < -0.3 is 37.8 Å². The molecule has 4 aliphatic rings. The maximum Gasteiger partial charge on any atom is 0.369 e. The van der Waals surface area contributed by atoms with Gasteiger partial charge in [0.05, 0.1) is 27.9 Å². The Morgan fingerprint density at radius 1 is 0.587 bits per heavy atom. The molecule has 7 aromatic rings. The first-order chi connectivity index (χ1) is 50.7. The number of carbonyl (C=O) groups is 4. The van der Waals surface area contributed by atoms with Crippen molar-refractivity contribution in [2.45, 2.75) is 272 Å². The minimum atomic E-state index is -5.86. The SMILES string of the molecule is CCC(C)(C)C(=O)OC(C)C(F)(F)S(=O)(=O)[O-].CCC(C)(C)C(=O)OC1(CC)CC2CC1C1C3CCC(C3)C21.CCC(C)(C)C(=O)Oc1c(C)c(C)c(O)c(C)c1C.CCC(C)(C)C(=O)Oc1c(C)occc1=O.CCC(C)c1ccc(OC(C)(C)CC)cc1.c1ccc(-[s+]2c3ccccc3c3ccccc32)cc1. The molecule has 0 spiro atoms. The second-order valence-corrected chi connectivity index (χ2v) is 36.9. The lowest BCUT2D eigenvalue weighted by atomic mass is 9.65. The van der Waals surface area contributed by atoms with E-state index in [0.29, 0.717) is 43.1 Å². The van der Waals surface area contributed by atoms with Crippen LogP contribution in [0.2, 0.25) is 0 Å². The molecular formula is C90H124F2O15S2. The van der Waals surface area contributed by atoms with E-state index in [1.54, 1.807) is 27.7 Å². The van der Waals surface area contributed by atoms with Gasteiger partial charge in [0.25, 0.3) is 0 Å². The number of thiophene rings is 1. The largest absolute Gasteiger partial charge is 0.743 e. The van der Waals surface area contributed by atoms with Gasteiger partial charge in [-0.15, -0.1) is 0 Å². The highest BCUT2D eigenvalue weighted by molar-refractivity contribution is 7.86. The Morgan fingerprint density at radius 3 is 1.50 bits per heavy atom. The number of halogens is 2. The lowest BCUT2D eigenvalue weighted by Gasteiger charge is -2.46. The van der Waals surface area contributed by atoms with E-state index in [-0.39, 0.29) is 56.0 Å². The molecule has 109 heavy (non-hydrogen) atoms. The van der Waals surface area contributed by atoms with E-state index in [0.717, 1.165) is 89.7 Å². The fourth-order valence-electron chi connectivity index (χ4n) is 14.4. The second-order valence-electron chi connectivity index (χ2n) is 33.4. The quantitative estimate of drug-likeness (QED) is 0.0232. The summed E-state index contributed by atoms with van der Waals surface area (Å²) >= 11 is 0. The summed E-state index contributed by atoms with van der Waals surface area (Å²) in [5.41, 5.74) is 1.57. The van der Waals surface area contributed by atoms with Gasteiger partial charge in [-0.1, -0.05) is 110 Å². The molecule has 0 aliphatic heterocycles. The standard InChI is InChI=1S/C20H32O2.C18H13S.C16H24O3.C15H24O.C12H16O4.C9H16F2O5S/c1-5-19(3,4)18(21)22-20(6-2)11-14-10-15(20)17-13-8-7-12(9-13)16(14)17;1-2-8-14(9-3-1)19-17-12-6-4-10-15(17)16-11-5-7-13-18(16)19;1-8-16(6,7)15(18)19-14-11(4)9(2)13(17)10(3)12(14)5;1-6-12(3)13-8-10-14(11-9-13)16-15(4,5)7-2;1-5-12(3,4)11(14)16-10-8(2)15-7-6-9(10)13;1-5-8(3,4)7(12)16-6(2)9(10,11)17(13,14)15/h12-17H,5-11H2,1-4H3;1-13H;17H,8H2,1-7H3;8-12H,6-7H2,1-5H3;6-7H,5H2,1-4H3;6H,5H2,1-4H3,(H,13,14,15)/q;+1;;;;/p-1. The smallest absolute Gasteiger partial charge is 0.369 e. The number of hydrogen-bond donors (Lipinski definition) is 1. The third-order valence-corrected chi connectivity index (χ3v) is 27.7. The van der Waals surface area contributed by atoms with Gasteiger partial charge in [0.15, 0.2) is 30.5 Å². The number of phenols is 1. The van der Waals surface area contributed by atoms with Gasteiger partial charge in [-0.25, -0.2) is 8.42 Å². The fraction of sp³-hybridized carbons (Fsp3) is 0.567. The minimum absolute atomic E-state index is 0.0194. The summed E-state index contributed by atoms with van der Waals surface area (Å²) in [6.45, 7) is 44.6. The number of esters is 4. The maximum absolute atomic E-state index is 13.0. The Hall–Kier alpha value is -7.48. The minimum Gasteiger partial charge on any atom is -0.743 e. The van der Waals surface area contributed by atoms with Gasteiger partial charge in [-0.05, 0) is 300 Å². The molecule has 0 amide bonds. The summed E-state index contributed by atoms with van der Waals surface area (Å²) in [7, 11) is -5.80. The zero-order valence-corrected chi connectivity index (χ0v) is 70.9. The molecule has 2 aromatic heterocycles. The Bertz CT molecular complexity index is 4350. The Labute approximate surface area is 651 Å². The first kappa shape index (κ1) is 90.4. The van der Waals surface area contributed by atoms with Crippen LogP contribution < -0.4 is 19.6 Å². The van der Waals surface area contributed by atoms with Crippen LogP contribution in [0.25, 0.3) is 25.1 Å². The van der Waals surface area contributed by atoms with E-state index in [2.05, 4.69) is 156 Å². The molecule has 0 radical (unpaired) electrons. The van der Waals surface area contributed by atoms with Crippen molar-refractivity contribution in [1.82, 2.24) is 0 Å². The van der Waals surface area contributed by atoms with E-state index in [9.17, 15) is 50.8 Å². The molecule has 4 saturated carbocycles. The van der Waals surface area contributed by atoms with E-state index < -0.39 is 49.7 Å². The molecular weight excluding hydrogens is 1420 g/mol. The molecule has 9 atom stereocenters. The van der Waals surface area contributed by atoms with Crippen molar-refractivity contribution >= 4 is 64.6 Å². The zero-order chi connectivity index (χ0) is 81.9. The molecule has 19 heteroatoms. The van der Waals surface area contributed by atoms with E-state index >= 15 is 0 Å². The first-order valence-electron chi connectivity index (χ1n) is 39.1.